The summed E-state index contributed by atoms with van der Waals surface area (Å²) < 4.78 is 0. The van der Waals surface area contributed by atoms with Crippen LogP contribution < -0.4 is 5.48 Å². The molecular weight excluding hydrogens is 256 g/mol. The molecule has 5 heteroatoms. The second kappa shape index (κ2) is 6.84. The highest BCUT2D eigenvalue weighted by Gasteiger charge is 1.98. The lowest BCUT2D eigenvalue weighted by Crippen LogP contribution is -2.07. The molecule has 0 fully saturated rings. The van der Waals surface area contributed by atoms with Crippen LogP contribution in [0.5, 0.6) is 0 Å². The first-order valence-electron chi connectivity index (χ1n) is 5.91. The molecule has 0 saturated heterocycles. The van der Waals surface area contributed by atoms with Crippen molar-refractivity contribution in [3.05, 3.63) is 71.1 Å². The number of carbonyl (C=O) groups is 1. The topological polar surface area (TPSA) is 67.8 Å². The summed E-state index contributed by atoms with van der Waals surface area (Å²) in [4.78, 5) is 26.6. The van der Waals surface area contributed by atoms with Gasteiger partial charge in [0.2, 0.25) is 0 Å². The summed E-state index contributed by atoms with van der Waals surface area (Å²) in [5.74, 6) is -0.522. The van der Waals surface area contributed by atoms with E-state index in [0.29, 0.717) is 11.4 Å². The lowest BCUT2D eigenvalue weighted by Gasteiger charge is -2.04. The minimum atomic E-state index is -0.522. The molecule has 0 heterocycles. The average molecular weight is 268 g/mol. The summed E-state index contributed by atoms with van der Waals surface area (Å²) in [5.41, 5.74) is 4.26. The number of carbonyl (C=O) groups excluding carboxylic acids is 1. The van der Waals surface area contributed by atoms with Gasteiger partial charge in [0.15, 0.2) is 0 Å². The quantitative estimate of drug-likeness (QED) is 0.510. The summed E-state index contributed by atoms with van der Waals surface area (Å²) >= 11 is 0. The van der Waals surface area contributed by atoms with E-state index in [9.17, 15) is 9.70 Å². The van der Waals surface area contributed by atoms with Crippen molar-refractivity contribution >= 4 is 23.4 Å². The zero-order chi connectivity index (χ0) is 14.2. The first-order valence-corrected chi connectivity index (χ1v) is 5.91. The molecule has 5 nitrogen and oxygen atoms in total. The van der Waals surface area contributed by atoms with Crippen LogP contribution in [0, 0.1) is 4.91 Å². The molecule has 1 N–H and O–H groups in total. The number of nitrogens with one attached hydrogen (secondary N) is 1. The second-order valence-electron chi connectivity index (χ2n) is 3.91. The van der Waals surface area contributed by atoms with E-state index in [1.807, 2.05) is 30.3 Å². The van der Waals surface area contributed by atoms with E-state index >= 15 is 0 Å². The highest BCUT2D eigenvalue weighted by Crippen LogP contribution is 2.15. The zero-order valence-electron chi connectivity index (χ0n) is 10.5. The fourth-order valence-corrected chi connectivity index (χ4v) is 1.46. The maximum Gasteiger partial charge on any atom is 0.355 e. The maximum atomic E-state index is 11.5. The average Bonchev–Trinajstić information content (AvgIpc) is 2.52. The van der Waals surface area contributed by atoms with Crippen molar-refractivity contribution in [1.29, 1.82) is 0 Å². The molecule has 0 aromatic heterocycles. The van der Waals surface area contributed by atoms with Crippen LogP contribution in [-0.2, 0) is 9.63 Å². The van der Waals surface area contributed by atoms with Gasteiger partial charge in [0.1, 0.15) is 5.69 Å². The molecular formula is C15H12N2O3. The van der Waals surface area contributed by atoms with Crippen LogP contribution in [0.1, 0.15) is 5.56 Å². The van der Waals surface area contributed by atoms with E-state index < -0.39 is 5.97 Å². The van der Waals surface area contributed by atoms with Gasteiger partial charge in [0.25, 0.3) is 0 Å². The minimum absolute atomic E-state index is 0.311. The number of anilines is 1. The molecule has 0 bridgehead atoms. The van der Waals surface area contributed by atoms with Gasteiger partial charge in [-0.3, -0.25) is 0 Å². The van der Waals surface area contributed by atoms with Gasteiger partial charge in [-0.25, -0.2) is 10.3 Å². The van der Waals surface area contributed by atoms with Crippen LogP contribution in [0.25, 0.3) is 6.08 Å². The summed E-state index contributed by atoms with van der Waals surface area (Å²) in [6, 6.07) is 15.6. The van der Waals surface area contributed by atoms with Crippen LogP contribution in [0.2, 0.25) is 0 Å². The van der Waals surface area contributed by atoms with Crippen molar-refractivity contribution in [2.75, 3.05) is 5.48 Å². The number of nitroso groups, excluding NO2 is 1. The maximum absolute atomic E-state index is 11.5. The number of nitrogens with zero attached hydrogens (tertiary/aromatic N) is 1. The molecule has 0 aliphatic rings. The summed E-state index contributed by atoms with van der Waals surface area (Å²) in [6.45, 7) is 0. The monoisotopic (exact) mass is 268 g/mol. The highest BCUT2D eigenvalue weighted by atomic mass is 16.7. The fraction of sp³-hybridized carbons (Fsp3) is 0. The van der Waals surface area contributed by atoms with Crippen molar-refractivity contribution in [3.63, 3.8) is 0 Å². The van der Waals surface area contributed by atoms with Crippen molar-refractivity contribution < 1.29 is 9.63 Å². The number of rotatable bonds is 5. The minimum Gasteiger partial charge on any atom is -0.339 e. The highest BCUT2D eigenvalue weighted by molar-refractivity contribution is 5.87. The van der Waals surface area contributed by atoms with E-state index in [0.717, 1.165) is 5.56 Å². The van der Waals surface area contributed by atoms with Crippen molar-refractivity contribution in [3.8, 4) is 0 Å². The van der Waals surface area contributed by atoms with Crippen molar-refractivity contribution in [1.82, 2.24) is 0 Å². The van der Waals surface area contributed by atoms with Crippen LogP contribution in [0.15, 0.2) is 65.9 Å². The predicted octanol–water partition coefficient (Wildman–Crippen LogP) is 3.67. The first-order chi connectivity index (χ1) is 9.78. The van der Waals surface area contributed by atoms with Crippen LogP contribution in [0.3, 0.4) is 0 Å². The molecule has 2 aromatic rings. The molecule has 20 heavy (non-hydrogen) atoms. The Bertz CT molecular complexity index is 607. The molecule has 0 saturated carbocycles. The van der Waals surface area contributed by atoms with Gasteiger partial charge in [-0.2, -0.15) is 0 Å². The Morgan fingerprint density at radius 3 is 2.40 bits per heavy atom. The Labute approximate surface area is 115 Å². The van der Waals surface area contributed by atoms with Crippen molar-refractivity contribution in [2.45, 2.75) is 0 Å². The van der Waals surface area contributed by atoms with Gasteiger partial charge in [0.05, 0.1) is 5.69 Å². The molecule has 0 spiro atoms. The standard InChI is InChI=1S/C15H12N2O3/c18-15(11-6-12-4-2-1-3-5-12)20-17-14-9-7-13(16-19)8-10-14/h1-11,17H. The Kier molecular flexibility index (Phi) is 4.61. The lowest BCUT2D eigenvalue weighted by atomic mass is 10.2. The molecule has 0 aliphatic carbocycles. The van der Waals surface area contributed by atoms with Crippen LogP contribution in [-0.4, -0.2) is 5.97 Å². The van der Waals surface area contributed by atoms with Gasteiger partial charge in [-0.05, 0) is 41.1 Å². The molecule has 100 valence electrons. The molecule has 2 rings (SSSR count). The Hall–Kier alpha value is -2.95. The third-order valence-corrected chi connectivity index (χ3v) is 2.45. The summed E-state index contributed by atoms with van der Waals surface area (Å²) in [7, 11) is 0. The molecule has 0 unspecified atom stereocenters. The van der Waals surface area contributed by atoms with Gasteiger partial charge >= 0.3 is 5.97 Å². The Morgan fingerprint density at radius 2 is 1.75 bits per heavy atom. The van der Waals surface area contributed by atoms with Gasteiger partial charge in [0, 0.05) is 6.08 Å². The number of hydrogen-bond acceptors (Lipinski definition) is 5. The SMILES string of the molecule is O=Nc1ccc(NOC(=O)C=Cc2ccccc2)cc1. The second-order valence-corrected chi connectivity index (χ2v) is 3.91. The summed E-state index contributed by atoms with van der Waals surface area (Å²) in [6.07, 6.45) is 2.98. The fourth-order valence-electron chi connectivity index (χ4n) is 1.46. The normalized spacial score (nSPS) is 10.2. The van der Waals surface area contributed by atoms with Gasteiger partial charge in [-0.15, -0.1) is 4.91 Å². The Balaban J connectivity index is 1.85. The van der Waals surface area contributed by atoms with Crippen molar-refractivity contribution in [2.24, 2.45) is 5.18 Å². The lowest BCUT2D eigenvalue weighted by molar-refractivity contribution is -0.134. The van der Waals surface area contributed by atoms with E-state index in [1.165, 1.54) is 18.2 Å². The van der Waals surface area contributed by atoms with E-state index in [-0.39, 0.29) is 0 Å². The number of hydrogen-bond donors (Lipinski definition) is 1. The summed E-state index contributed by atoms with van der Waals surface area (Å²) in [5, 5.41) is 2.77. The van der Waals surface area contributed by atoms with Crippen LogP contribution in [0.4, 0.5) is 11.4 Å². The molecule has 0 aliphatic heterocycles. The van der Waals surface area contributed by atoms with E-state index in [4.69, 9.17) is 4.84 Å². The molecule has 0 amide bonds. The molecule has 2 aromatic carbocycles. The van der Waals surface area contributed by atoms with E-state index in [1.54, 1.807) is 18.2 Å². The molecule has 0 atom stereocenters. The third-order valence-electron chi connectivity index (χ3n) is 2.45. The largest absolute Gasteiger partial charge is 0.355 e. The third kappa shape index (κ3) is 4.06. The van der Waals surface area contributed by atoms with Gasteiger partial charge in [-0.1, -0.05) is 30.3 Å². The van der Waals surface area contributed by atoms with Crippen LogP contribution >= 0.6 is 0 Å². The number of benzene rings is 2. The zero-order valence-corrected chi connectivity index (χ0v) is 10.5. The smallest absolute Gasteiger partial charge is 0.339 e. The van der Waals surface area contributed by atoms with Gasteiger partial charge < -0.3 is 4.84 Å². The van der Waals surface area contributed by atoms with E-state index in [2.05, 4.69) is 10.7 Å². The predicted molar refractivity (Wildman–Crippen MR) is 77.1 cm³/mol. The molecule has 0 radical (unpaired) electrons. The first kappa shape index (κ1) is 13.5. The Morgan fingerprint density at radius 1 is 1.05 bits per heavy atom.